The van der Waals surface area contributed by atoms with E-state index in [2.05, 4.69) is 31.0 Å². The van der Waals surface area contributed by atoms with Crippen LogP contribution in [0.3, 0.4) is 0 Å². The quantitative estimate of drug-likeness (QED) is 0.0553. The molecule has 1 aromatic heterocycles. The Kier molecular flexibility index (Phi) is 14.6. The van der Waals surface area contributed by atoms with Crippen molar-refractivity contribution in [1.82, 2.24) is 35.7 Å². The number of likely N-dealkylation sites (tertiary alicyclic amines) is 1. The molecule has 232 valence electrons. The zero-order valence-electron chi connectivity index (χ0n) is 24.0. The summed E-state index contributed by atoms with van der Waals surface area (Å²) in [4.78, 5) is 71.3. The molecule has 0 aromatic carbocycles. The molecule has 1 aliphatic heterocycles. The van der Waals surface area contributed by atoms with Crippen LogP contribution in [0.25, 0.3) is 0 Å². The van der Waals surface area contributed by atoms with Crippen LogP contribution in [0.15, 0.2) is 23.7 Å². The van der Waals surface area contributed by atoms with Crippen molar-refractivity contribution in [2.75, 3.05) is 46.4 Å². The molecule has 16 heteroatoms. The summed E-state index contributed by atoms with van der Waals surface area (Å²) in [6, 6.07) is -1.10. The number of nitrogens with two attached hydrogens (primary N) is 1. The highest BCUT2D eigenvalue weighted by Gasteiger charge is 2.41. The molecule has 1 aliphatic carbocycles. The lowest BCUT2D eigenvalue weighted by atomic mass is 9.98. The Morgan fingerprint density at radius 1 is 1.19 bits per heavy atom. The third-order valence-corrected chi connectivity index (χ3v) is 6.39. The van der Waals surface area contributed by atoms with Gasteiger partial charge in [0, 0.05) is 65.2 Å². The van der Waals surface area contributed by atoms with Crippen molar-refractivity contribution in [3.05, 3.63) is 24.3 Å². The Balaban J connectivity index is 0.00000144. The number of carbonyl (C=O) groups is 5. The number of ether oxygens (including phenoxy) is 1. The van der Waals surface area contributed by atoms with Crippen LogP contribution in [0, 0.1) is 5.92 Å². The smallest absolute Gasteiger partial charge is 0.300 e. The molecular weight excluding hydrogens is 550 g/mol. The molecule has 1 saturated heterocycles. The first-order valence-electron chi connectivity index (χ1n) is 13.7. The maximum absolute atomic E-state index is 13.2. The van der Waals surface area contributed by atoms with Crippen molar-refractivity contribution in [3.63, 3.8) is 0 Å². The van der Waals surface area contributed by atoms with E-state index in [0.717, 1.165) is 45.7 Å². The molecule has 1 saturated carbocycles. The van der Waals surface area contributed by atoms with Gasteiger partial charge in [0.05, 0.1) is 12.6 Å². The third-order valence-electron chi connectivity index (χ3n) is 6.39. The van der Waals surface area contributed by atoms with Gasteiger partial charge in [0.25, 0.3) is 11.9 Å². The first-order chi connectivity index (χ1) is 20.2. The summed E-state index contributed by atoms with van der Waals surface area (Å²) in [5, 5.41) is 19.3. The van der Waals surface area contributed by atoms with Gasteiger partial charge in [-0.3, -0.25) is 29.0 Å². The van der Waals surface area contributed by atoms with E-state index < -0.39 is 23.8 Å². The fraction of sp³-hybridized carbons (Fsp3) is 0.615. The second kappa shape index (κ2) is 18.2. The number of carboxylic acid groups (broad SMARTS) is 1. The van der Waals surface area contributed by atoms with Gasteiger partial charge in [-0.25, -0.2) is 4.98 Å². The molecule has 6 N–H and O–H groups in total. The standard InChI is InChI=1S/C24H37N9O5.C2H4O2/c1-38-15-22(35)33(18-4-5-18)20(11-21(34)30-12-17-3-2-10-32(14-17)16-31-25)24(37)29-9-8-28-23(36)19-13-26-6-7-27-19;1-2(3)4/h6-7,13,16-18,20H,2-5,8-12,14-15,25H2,1H3,(H,28,36)(H,29,37)(H,30,34);1H3,(H,3,4)/t17-,20-;/m0./s1. The monoisotopic (exact) mass is 591 g/mol. The second-order valence-electron chi connectivity index (χ2n) is 9.91. The minimum Gasteiger partial charge on any atom is -0.481 e. The first-order valence-corrected chi connectivity index (χ1v) is 13.7. The molecule has 16 nitrogen and oxygen atoms in total. The Labute approximate surface area is 244 Å². The second-order valence-corrected chi connectivity index (χ2v) is 9.91. The van der Waals surface area contributed by atoms with Crippen LogP contribution < -0.4 is 21.8 Å². The number of rotatable bonds is 14. The van der Waals surface area contributed by atoms with E-state index in [-0.39, 0.29) is 55.6 Å². The first kappa shape index (κ1) is 33.9. The average molecular weight is 592 g/mol. The molecule has 0 spiro atoms. The molecule has 0 radical (unpaired) electrons. The molecular formula is C26H41N9O7. The molecule has 3 rings (SSSR count). The summed E-state index contributed by atoms with van der Waals surface area (Å²) in [6.45, 7) is 3.19. The van der Waals surface area contributed by atoms with E-state index in [4.69, 9.17) is 20.5 Å². The number of hydrogen-bond acceptors (Lipinski definition) is 10. The van der Waals surface area contributed by atoms with Crippen LogP contribution in [0.4, 0.5) is 0 Å². The van der Waals surface area contributed by atoms with Gasteiger partial charge >= 0.3 is 0 Å². The number of methoxy groups -OCH3 is 1. The largest absolute Gasteiger partial charge is 0.481 e. The fourth-order valence-electron chi connectivity index (χ4n) is 4.46. The maximum atomic E-state index is 13.2. The van der Waals surface area contributed by atoms with Crippen LogP contribution in [0.5, 0.6) is 0 Å². The molecule has 4 amide bonds. The lowest BCUT2D eigenvalue weighted by molar-refractivity contribution is -0.145. The van der Waals surface area contributed by atoms with E-state index in [1.165, 1.54) is 30.6 Å². The van der Waals surface area contributed by atoms with Crippen molar-refractivity contribution in [1.29, 1.82) is 0 Å². The summed E-state index contributed by atoms with van der Waals surface area (Å²) >= 11 is 0. The Bertz CT molecular complexity index is 1070. The highest BCUT2D eigenvalue weighted by molar-refractivity contribution is 5.93. The van der Waals surface area contributed by atoms with Crippen molar-refractivity contribution in [2.24, 2.45) is 16.9 Å². The van der Waals surface area contributed by atoms with Crippen molar-refractivity contribution >= 4 is 35.9 Å². The summed E-state index contributed by atoms with van der Waals surface area (Å²) in [6.07, 6.45) is 9.08. The van der Waals surface area contributed by atoms with Crippen LogP contribution in [0.2, 0.25) is 0 Å². The molecule has 2 fully saturated rings. The van der Waals surface area contributed by atoms with Crippen molar-refractivity contribution in [3.8, 4) is 0 Å². The number of carbonyl (C=O) groups excluding carboxylic acids is 4. The molecule has 0 unspecified atom stereocenters. The normalized spacial score (nSPS) is 16.9. The van der Waals surface area contributed by atoms with Gasteiger partial charge in [-0.1, -0.05) is 0 Å². The van der Waals surface area contributed by atoms with Gasteiger partial charge < -0.3 is 41.4 Å². The fourth-order valence-corrected chi connectivity index (χ4v) is 4.46. The number of aliphatic carboxylic acids is 1. The molecule has 1 aromatic rings. The minimum absolute atomic E-state index is 0.111. The average Bonchev–Trinajstić information content (AvgIpc) is 3.79. The zero-order chi connectivity index (χ0) is 30.9. The maximum Gasteiger partial charge on any atom is 0.300 e. The van der Waals surface area contributed by atoms with Gasteiger partial charge in [-0.2, -0.15) is 5.10 Å². The van der Waals surface area contributed by atoms with Gasteiger partial charge in [0.1, 0.15) is 24.7 Å². The van der Waals surface area contributed by atoms with Crippen molar-refractivity contribution < 1.29 is 33.8 Å². The molecule has 0 bridgehead atoms. The lowest BCUT2D eigenvalue weighted by Gasteiger charge is -2.32. The van der Waals surface area contributed by atoms with E-state index in [0.29, 0.717) is 6.54 Å². The summed E-state index contributed by atoms with van der Waals surface area (Å²) < 4.78 is 5.01. The van der Waals surface area contributed by atoms with Gasteiger partial charge in [-0.15, -0.1) is 0 Å². The van der Waals surface area contributed by atoms with Crippen LogP contribution >= 0.6 is 0 Å². The van der Waals surface area contributed by atoms with E-state index in [1.807, 2.05) is 4.90 Å². The number of nitrogens with zero attached hydrogens (tertiary/aromatic N) is 5. The number of hydrazone groups is 1. The van der Waals surface area contributed by atoms with Gasteiger partial charge in [0.2, 0.25) is 17.7 Å². The number of aromatic nitrogens is 2. The Morgan fingerprint density at radius 2 is 1.90 bits per heavy atom. The number of carboxylic acids is 1. The van der Waals surface area contributed by atoms with E-state index in [9.17, 15) is 19.2 Å². The van der Waals surface area contributed by atoms with E-state index in [1.54, 1.807) is 6.34 Å². The van der Waals surface area contributed by atoms with Gasteiger partial charge in [-0.05, 0) is 31.6 Å². The predicted molar refractivity (Wildman–Crippen MR) is 151 cm³/mol. The predicted octanol–water partition coefficient (Wildman–Crippen LogP) is -1.46. The van der Waals surface area contributed by atoms with Crippen LogP contribution in [0.1, 0.15) is 49.5 Å². The number of amides is 4. The van der Waals surface area contributed by atoms with Crippen molar-refractivity contribution in [2.45, 2.75) is 51.1 Å². The van der Waals surface area contributed by atoms with Gasteiger partial charge in [0.15, 0.2) is 0 Å². The lowest BCUT2D eigenvalue weighted by Crippen LogP contribution is -2.54. The minimum atomic E-state index is -0.993. The summed E-state index contributed by atoms with van der Waals surface area (Å²) in [7, 11) is 1.41. The zero-order valence-corrected chi connectivity index (χ0v) is 24.0. The topological polar surface area (TPSA) is 222 Å². The summed E-state index contributed by atoms with van der Waals surface area (Å²) in [5.74, 6) is 3.10. The number of piperidine rings is 1. The highest BCUT2D eigenvalue weighted by atomic mass is 16.5. The highest BCUT2D eigenvalue weighted by Crippen LogP contribution is 2.30. The Morgan fingerprint density at radius 3 is 2.52 bits per heavy atom. The summed E-state index contributed by atoms with van der Waals surface area (Å²) in [5.41, 5.74) is 0.162. The molecule has 2 atom stereocenters. The van der Waals surface area contributed by atoms with E-state index >= 15 is 0 Å². The number of hydrogen-bond donors (Lipinski definition) is 5. The number of nitrogens with one attached hydrogen (secondary N) is 3. The van der Waals surface area contributed by atoms with Crippen LogP contribution in [-0.4, -0.2) is 119 Å². The molecule has 2 heterocycles. The Hall–Kier alpha value is -4.34. The molecule has 42 heavy (non-hydrogen) atoms. The van der Waals surface area contributed by atoms with Crippen LogP contribution in [-0.2, 0) is 23.9 Å². The molecule has 2 aliphatic rings. The third kappa shape index (κ3) is 12.4. The SMILES string of the molecule is CC(=O)O.COCC(=O)N(C1CC1)[C@@H](CC(=O)NC[C@@H]1CCCN(C=NN)C1)C(=O)NCCNC(=O)c1cnccn1.